The molecule has 0 saturated heterocycles. The summed E-state index contributed by atoms with van der Waals surface area (Å²) in [5.74, 6) is 0. The molecule has 80 valence electrons. The van der Waals surface area contributed by atoms with Crippen LogP contribution in [-0.4, -0.2) is 30.0 Å². The molecule has 0 aliphatic carbocycles. The highest BCUT2D eigenvalue weighted by Gasteiger charge is 2.09. The lowest BCUT2D eigenvalue weighted by molar-refractivity contribution is 0.370. The van der Waals surface area contributed by atoms with Gasteiger partial charge >= 0.3 is 0 Å². The molecule has 1 aromatic rings. The van der Waals surface area contributed by atoms with Crippen LogP contribution >= 0.6 is 0 Å². The molecule has 0 radical (unpaired) electrons. The van der Waals surface area contributed by atoms with E-state index in [2.05, 4.69) is 36.0 Å². The minimum Gasteiger partial charge on any atom is -0.302 e. The van der Waals surface area contributed by atoms with Gasteiger partial charge in [-0.3, -0.25) is 4.98 Å². The lowest BCUT2D eigenvalue weighted by Crippen LogP contribution is -2.23. The average Bonchev–Trinajstić information content (AvgIpc) is 2.30. The molecule has 15 heavy (non-hydrogen) atoms. The smallest absolute Gasteiger partial charge is 0.0343 e. The summed E-state index contributed by atoms with van der Waals surface area (Å²) >= 11 is 0. The number of aryl methyl sites for hydroxylation is 1. The Hall–Kier alpha value is -1.15. The van der Waals surface area contributed by atoms with E-state index in [1.807, 2.05) is 12.4 Å². The summed E-state index contributed by atoms with van der Waals surface area (Å²) in [6.45, 7) is 4.39. The fourth-order valence-electron chi connectivity index (χ4n) is 1.89. The van der Waals surface area contributed by atoms with Gasteiger partial charge in [-0.1, -0.05) is 13.0 Å². The highest BCUT2D eigenvalue weighted by Crippen LogP contribution is 2.21. The molecule has 2 rings (SSSR count). The minimum atomic E-state index is 1.06. The first kappa shape index (κ1) is 10.4. The summed E-state index contributed by atoms with van der Waals surface area (Å²) in [5, 5.41) is 0. The minimum absolute atomic E-state index is 1.06. The SMILES string of the molecule is CCc1cncc(C2=CCN(C)CC2)c1. The standard InChI is InChI=1S/C13H18N2/c1-3-11-8-13(10-14-9-11)12-4-6-15(2)7-5-12/h4,8-10H,3,5-7H2,1-2H3. The van der Waals surface area contributed by atoms with E-state index in [1.165, 1.54) is 16.7 Å². The molecule has 0 atom stereocenters. The second-order valence-corrected chi connectivity index (χ2v) is 4.18. The molecule has 0 aromatic carbocycles. The fraction of sp³-hybridized carbons (Fsp3) is 0.462. The molecule has 0 N–H and O–H groups in total. The van der Waals surface area contributed by atoms with Crippen molar-refractivity contribution in [2.75, 3.05) is 20.1 Å². The summed E-state index contributed by atoms with van der Waals surface area (Å²) in [6.07, 6.45) is 8.47. The number of nitrogens with zero attached hydrogens (tertiary/aromatic N) is 2. The molecular weight excluding hydrogens is 184 g/mol. The van der Waals surface area contributed by atoms with Gasteiger partial charge < -0.3 is 4.90 Å². The molecule has 1 aliphatic rings. The Kier molecular flexibility index (Phi) is 3.17. The average molecular weight is 202 g/mol. The fourth-order valence-corrected chi connectivity index (χ4v) is 1.89. The highest BCUT2D eigenvalue weighted by atomic mass is 15.1. The van der Waals surface area contributed by atoms with Crippen molar-refractivity contribution in [1.29, 1.82) is 0 Å². The van der Waals surface area contributed by atoms with Crippen molar-refractivity contribution < 1.29 is 0 Å². The quantitative estimate of drug-likeness (QED) is 0.732. The van der Waals surface area contributed by atoms with Crippen LogP contribution in [-0.2, 0) is 6.42 Å². The Morgan fingerprint density at radius 2 is 2.27 bits per heavy atom. The van der Waals surface area contributed by atoms with Crippen LogP contribution in [0.5, 0.6) is 0 Å². The molecule has 0 bridgehead atoms. The van der Waals surface area contributed by atoms with Gasteiger partial charge in [-0.2, -0.15) is 0 Å². The van der Waals surface area contributed by atoms with E-state index in [1.54, 1.807) is 0 Å². The highest BCUT2D eigenvalue weighted by molar-refractivity contribution is 5.66. The number of aromatic nitrogens is 1. The number of hydrogen-bond donors (Lipinski definition) is 0. The van der Waals surface area contributed by atoms with Gasteiger partial charge in [-0.15, -0.1) is 0 Å². The Morgan fingerprint density at radius 1 is 1.40 bits per heavy atom. The van der Waals surface area contributed by atoms with Crippen molar-refractivity contribution >= 4 is 5.57 Å². The first-order chi connectivity index (χ1) is 7.29. The van der Waals surface area contributed by atoms with Crippen LogP contribution in [0.15, 0.2) is 24.5 Å². The second kappa shape index (κ2) is 4.58. The van der Waals surface area contributed by atoms with E-state index < -0.39 is 0 Å². The topological polar surface area (TPSA) is 16.1 Å². The van der Waals surface area contributed by atoms with E-state index in [0.29, 0.717) is 0 Å². The van der Waals surface area contributed by atoms with Crippen molar-refractivity contribution in [2.24, 2.45) is 0 Å². The third-order valence-corrected chi connectivity index (χ3v) is 2.99. The van der Waals surface area contributed by atoms with Crippen molar-refractivity contribution in [1.82, 2.24) is 9.88 Å². The van der Waals surface area contributed by atoms with Gasteiger partial charge in [0.15, 0.2) is 0 Å². The van der Waals surface area contributed by atoms with Gasteiger partial charge in [0.25, 0.3) is 0 Å². The third kappa shape index (κ3) is 2.45. The number of hydrogen-bond acceptors (Lipinski definition) is 2. The molecule has 0 saturated carbocycles. The van der Waals surface area contributed by atoms with E-state index in [4.69, 9.17) is 0 Å². The van der Waals surface area contributed by atoms with E-state index in [9.17, 15) is 0 Å². The van der Waals surface area contributed by atoms with E-state index in [-0.39, 0.29) is 0 Å². The van der Waals surface area contributed by atoms with Gasteiger partial charge in [0.2, 0.25) is 0 Å². The zero-order valence-corrected chi connectivity index (χ0v) is 9.53. The summed E-state index contributed by atoms with van der Waals surface area (Å²) < 4.78 is 0. The molecule has 2 nitrogen and oxygen atoms in total. The molecule has 0 fully saturated rings. The first-order valence-corrected chi connectivity index (χ1v) is 5.61. The van der Waals surface area contributed by atoms with E-state index >= 15 is 0 Å². The summed E-state index contributed by atoms with van der Waals surface area (Å²) in [6, 6.07) is 2.27. The van der Waals surface area contributed by atoms with Gasteiger partial charge in [0, 0.05) is 25.5 Å². The van der Waals surface area contributed by atoms with Crippen molar-refractivity contribution in [3.8, 4) is 0 Å². The zero-order valence-electron chi connectivity index (χ0n) is 9.53. The Balaban J connectivity index is 2.22. The van der Waals surface area contributed by atoms with Crippen LogP contribution in [0.3, 0.4) is 0 Å². The summed E-state index contributed by atoms with van der Waals surface area (Å²) in [5.41, 5.74) is 4.09. The van der Waals surface area contributed by atoms with Crippen LogP contribution in [0.2, 0.25) is 0 Å². The zero-order chi connectivity index (χ0) is 10.7. The monoisotopic (exact) mass is 202 g/mol. The van der Waals surface area contributed by atoms with E-state index in [0.717, 1.165) is 25.9 Å². The first-order valence-electron chi connectivity index (χ1n) is 5.61. The number of likely N-dealkylation sites (N-methyl/N-ethyl adjacent to an activating group) is 1. The molecule has 0 unspecified atom stereocenters. The van der Waals surface area contributed by atoms with Gasteiger partial charge in [-0.25, -0.2) is 0 Å². The molecule has 1 aliphatic heterocycles. The normalized spacial score (nSPS) is 17.6. The number of pyridine rings is 1. The molecular formula is C13H18N2. The Bertz CT molecular complexity index is 369. The van der Waals surface area contributed by atoms with Gasteiger partial charge in [0.1, 0.15) is 0 Å². The predicted octanol–water partition coefficient (Wildman–Crippen LogP) is 2.36. The predicted molar refractivity (Wildman–Crippen MR) is 63.7 cm³/mol. The third-order valence-electron chi connectivity index (χ3n) is 2.99. The number of rotatable bonds is 2. The van der Waals surface area contributed by atoms with Crippen LogP contribution < -0.4 is 0 Å². The molecule has 2 heterocycles. The molecule has 0 amide bonds. The van der Waals surface area contributed by atoms with Crippen LogP contribution in [0.25, 0.3) is 5.57 Å². The second-order valence-electron chi connectivity index (χ2n) is 4.18. The molecule has 0 spiro atoms. The molecule has 2 heteroatoms. The van der Waals surface area contributed by atoms with Crippen LogP contribution in [0.4, 0.5) is 0 Å². The Labute approximate surface area is 91.6 Å². The van der Waals surface area contributed by atoms with Gasteiger partial charge in [-0.05, 0) is 42.7 Å². The van der Waals surface area contributed by atoms with Crippen molar-refractivity contribution in [3.05, 3.63) is 35.7 Å². The largest absolute Gasteiger partial charge is 0.302 e. The van der Waals surface area contributed by atoms with Crippen LogP contribution in [0.1, 0.15) is 24.5 Å². The van der Waals surface area contributed by atoms with Crippen molar-refractivity contribution in [2.45, 2.75) is 19.8 Å². The summed E-state index contributed by atoms with van der Waals surface area (Å²) in [7, 11) is 2.16. The van der Waals surface area contributed by atoms with Gasteiger partial charge in [0.05, 0.1) is 0 Å². The maximum atomic E-state index is 4.30. The maximum absolute atomic E-state index is 4.30. The molecule has 1 aromatic heterocycles. The summed E-state index contributed by atoms with van der Waals surface area (Å²) in [4.78, 5) is 6.63. The van der Waals surface area contributed by atoms with Crippen molar-refractivity contribution in [3.63, 3.8) is 0 Å². The lowest BCUT2D eigenvalue weighted by atomic mass is 10.00. The lowest BCUT2D eigenvalue weighted by Gasteiger charge is -2.22. The Morgan fingerprint density at radius 3 is 2.93 bits per heavy atom. The van der Waals surface area contributed by atoms with Crippen LogP contribution in [0, 0.1) is 0 Å². The maximum Gasteiger partial charge on any atom is 0.0343 e.